The van der Waals surface area contributed by atoms with Gasteiger partial charge in [0.25, 0.3) is 5.91 Å². The van der Waals surface area contributed by atoms with Crippen LogP contribution < -0.4 is 4.74 Å². The number of carbonyl (C=O) groups is 2. The average Bonchev–Trinajstić information content (AvgIpc) is 2.89. The Kier molecular flexibility index (Phi) is 6.05. The van der Waals surface area contributed by atoms with Gasteiger partial charge in [-0.25, -0.2) is 13.2 Å². The van der Waals surface area contributed by atoms with E-state index >= 15 is 0 Å². The van der Waals surface area contributed by atoms with Crippen LogP contribution >= 0.6 is 0 Å². The van der Waals surface area contributed by atoms with Crippen LogP contribution in [0.5, 0.6) is 5.75 Å². The van der Waals surface area contributed by atoms with Crippen LogP contribution in [0.25, 0.3) is 0 Å². The van der Waals surface area contributed by atoms with Gasteiger partial charge in [-0.1, -0.05) is 13.0 Å². The van der Waals surface area contributed by atoms with E-state index in [4.69, 9.17) is 4.74 Å². The molecule has 1 fully saturated rings. The minimum atomic E-state index is -3.10. The van der Waals surface area contributed by atoms with Crippen LogP contribution in [0.15, 0.2) is 18.2 Å². The van der Waals surface area contributed by atoms with Crippen molar-refractivity contribution in [1.82, 2.24) is 4.90 Å². The molecule has 1 aromatic carbocycles. The minimum Gasteiger partial charge on any atom is -0.483 e. The van der Waals surface area contributed by atoms with Gasteiger partial charge in [0, 0.05) is 12.6 Å². The van der Waals surface area contributed by atoms with Crippen LogP contribution in [0.2, 0.25) is 0 Å². The Morgan fingerprint density at radius 1 is 1.36 bits per heavy atom. The van der Waals surface area contributed by atoms with Gasteiger partial charge in [-0.05, 0) is 37.5 Å². The van der Waals surface area contributed by atoms with Crippen LogP contribution in [0.4, 0.5) is 0 Å². The molecule has 0 spiro atoms. The number of sulfone groups is 1. The highest BCUT2D eigenvalue weighted by molar-refractivity contribution is 7.91. The molecule has 1 atom stereocenters. The second-order valence-electron chi connectivity index (χ2n) is 6.24. The second-order valence-corrected chi connectivity index (χ2v) is 8.47. The van der Waals surface area contributed by atoms with E-state index in [1.807, 2.05) is 6.92 Å². The molecule has 0 unspecified atom stereocenters. The van der Waals surface area contributed by atoms with Gasteiger partial charge >= 0.3 is 5.97 Å². The van der Waals surface area contributed by atoms with Crippen LogP contribution in [-0.4, -0.2) is 61.0 Å². The Hall–Kier alpha value is -2.09. The predicted octanol–water partition coefficient (Wildman–Crippen LogP) is 1.50. The standard InChI is InChI=1S/C17H23NO6S/c1-3-7-18(13-6-8-25(22,23)11-13)16(19)10-24-15-9-12(2)4-5-14(15)17(20)21/h4-5,9,13H,3,6-8,10-11H2,1-2H3,(H,20,21)/t13-/m0/s1. The molecular formula is C17H23NO6S. The Balaban J connectivity index is 2.09. The molecule has 0 radical (unpaired) electrons. The maximum absolute atomic E-state index is 12.5. The molecule has 1 aliphatic rings. The van der Waals surface area contributed by atoms with E-state index in [-0.39, 0.29) is 41.4 Å². The number of amides is 1. The summed E-state index contributed by atoms with van der Waals surface area (Å²) >= 11 is 0. The van der Waals surface area contributed by atoms with Crippen molar-refractivity contribution in [2.75, 3.05) is 24.7 Å². The van der Waals surface area contributed by atoms with E-state index in [1.165, 1.54) is 6.07 Å². The number of carbonyl (C=O) groups excluding carboxylic acids is 1. The first-order valence-electron chi connectivity index (χ1n) is 8.20. The Bertz CT molecular complexity index is 758. The molecule has 0 saturated carbocycles. The third-order valence-electron chi connectivity index (χ3n) is 4.15. The van der Waals surface area contributed by atoms with Gasteiger partial charge in [0.1, 0.15) is 11.3 Å². The van der Waals surface area contributed by atoms with Gasteiger partial charge in [-0.3, -0.25) is 4.79 Å². The summed E-state index contributed by atoms with van der Waals surface area (Å²) in [7, 11) is -3.10. The number of hydrogen-bond donors (Lipinski definition) is 1. The molecule has 1 aromatic rings. The van der Waals surface area contributed by atoms with Crippen molar-refractivity contribution in [1.29, 1.82) is 0 Å². The summed E-state index contributed by atoms with van der Waals surface area (Å²) in [5, 5.41) is 9.20. The highest BCUT2D eigenvalue weighted by atomic mass is 32.2. The minimum absolute atomic E-state index is 0.0103. The van der Waals surface area contributed by atoms with E-state index in [0.29, 0.717) is 19.4 Å². The zero-order valence-corrected chi connectivity index (χ0v) is 15.2. The molecule has 1 saturated heterocycles. The number of aryl methyl sites for hydroxylation is 1. The predicted molar refractivity (Wildman–Crippen MR) is 92.7 cm³/mol. The van der Waals surface area contributed by atoms with Crippen LogP contribution in [0, 0.1) is 6.92 Å². The van der Waals surface area contributed by atoms with Gasteiger partial charge in [0.15, 0.2) is 16.4 Å². The summed E-state index contributed by atoms with van der Waals surface area (Å²) in [5.74, 6) is -1.26. The molecule has 138 valence electrons. The summed E-state index contributed by atoms with van der Waals surface area (Å²) < 4.78 is 28.8. The van der Waals surface area contributed by atoms with Gasteiger partial charge < -0.3 is 14.7 Å². The maximum atomic E-state index is 12.5. The smallest absolute Gasteiger partial charge is 0.339 e. The molecule has 0 bridgehead atoms. The fraction of sp³-hybridized carbons (Fsp3) is 0.529. The van der Waals surface area contributed by atoms with Gasteiger partial charge in [-0.15, -0.1) is 0 Å². The lowest BCUT2D eigenvalue weighted by Gasteiger charge is -2.28. The van der Waals surface area contributed by atoms with E-state index < -0.39 is 15.8 Å². The maximum Gasteiger partial charge on any atom is 0.339 e. The van der Waals surface area contributed by atoms with Crippen molar-refractivity contribution in [2.24, 2.45) is 0 Å². The van der Waals surface area contributed by atoms with Crippen molar-refractivity contribution in [2.45, 2.75) is 32.7 Å². The third-order valence-corrected chi connectivity index (χ3v) is 5.90. The largest absolute Gasteiger partial charge is 0.483 e. The Morgan fingerprint density at radius 2 is 2.08 bits per heavy atom. The van der Waals surface area contributed by atoms with E-state index in [0.717, 1.165) is 5.56 Å². The molecule has 25 heavy (non-hydrogen) atoms. The molecule has 2 rings (SSSR count). The third kappa shape index (κ3) is 4.94. The molecule has 1 heterocycles. The van der Waals surface area contributed by atoms with Crippen molar-refractivity contribution < 1.29 is 27.9 Å². The number of carboxylic acid groups (broad SMARTS) is 1. The SMILES string of the molecule is CCCN(C(=O)COc1cc(C)ccc1C(=O)O)[C@H]1CCS(=O)(=O)C1. The van der Waals surface area contributed by atoms with Crippen molar-refractivity contribution in [3.8, 4) is 5.75 Å². The normalized spacial score (nSPS) is 18.7. The zero-order valence-electron chi connectivity index (χ0n) is 14.4. The lowest BCUT2D eigenvalue weighted by atomic mass is 10.1. The van der Waals surface area contributed by atoms with Gasteiger partial charge in [0.2, 0.25) is 0 Å². The van der Waals surface area contributed by atoms with Crippen molar-refractivity contribution in [3.05, 3.63) is 29.3 Å². The number of benzene rings is 1. The first-order chi connectivity index (χ1) is 11.7. The zero-order chi connectivity index (χ0) is 18.6. The number of rotatable bonds is 7. The van der Waals surface area contributed by atoms with E-state index in [2.05, 4.69) is 0 Å². The number of nitrogens with zero attached hydrogens (tertiary/aromatic N) is 1. The van der Waals surface area contributed by atoms with Crippen LogP contribution in [0.3, 0.4) is 0 Å². The first-order valence-corrected chi connectivity index (χ1v) is 10.0. The fourth-order valence-electron chi connectivity index (χ4n) is 2.92. The van der Waals surface area contributed by atoms with E-state index in [9.17, 15) is 23.1 Å². The highest BCUT2D eigenvalue weighted by Gasteiger charge is 2.34. The summed E-state index contributed by atoms with van der Waals surface area (Å²) in [6.45, 7) is 3.84. The highest BCUT2D eigenvalue weighted by Crippen LogP contribution is 2.22. The van der Waals surface area contributed by atoms with Crippen LogP contribution in [-0.2, 0) is 14.6 Å². The summed E-state index contributed by atoms with van der Waals surface area (Å²) in [5.41, 5.74) is 0.809. The van der Waals surface area contributed by atoms with E-state index in [1.54, 1.807) is 24.0 Å². The second kappa shape index (κ2) is 7.86. The first kappa shape index (κ1) is 19.2. The number of ether oxygens (including phenoxy) is 1. The van der Waals surface area contributed by atoms with Crippen molar-refractivity contribution in [3.63, 3.8) is 0 Å². The molecule has 0 aliphatic carbocycles. The van der Waals surface area contributed by atoms with Gasteiger partial charge in [0.05, 0.1) is 11.5 Å². The summed E-state index contributed by atoms with van der Waals surface area (Å²) in [6.07, 6.45) is 1.13. The molecule has 1 aliphatic heterocycles. The quantitative estimate of drug-likeness (QED) is 0.782. The van der Waals surface area contributed by atoms with Gasteiger partial charge in [-0.2, -0.15) is 0 Å². The molecule has 8 heteroatoms. The number of carboxylic acids is 1. The Morgan fingerprint density at radius 3 is 2.64 bits per heavy atom. The number of hydrogen-bond acceptors (Lipinski definition) is 5. The monoisotopic (exact) mass is 369 g/mol. The lowest BCUT2D eigenvalue weighted by Crippen LogP contribution is -2.44. The topological polar surface area (TPSA) is 101 Å². The molecule has 7 nitrogen and oxygen atoms in total. The molecule has 1 N–H and O–H groups in total. The molecule has 0 aromatic heterocycles. The fourth-order valence-corrected chi connectivity index (χ4v) is 4.65. The van der Waals surface area contributed by atoms with Crippen molar-refractivity contribution >= 4 is 21.7 Å². The van der Waals surface area contributed by atoms with Crippen LogP contribution in [0.1, 0.15) is 35.7 Å². The Labute approximate surface area is 147 Å². The average molecular weight is 369 g/mol. The lowest BCUT2D eigenvalue weighted by molar-refractivity contribution is -0.135. The summed E-state index contributed by atoms with van der Waals surface area (Å²) in [6, 6.07) is 4.33. The number of aromatic carboxylic acids is 1. The molecular weight excluding hydrogens is 346 g/mol. The molecule has 1 amide bonds. The summed E-state index contributed by atoms with van der Waals surface area (Å²) in [4.78, 5) is 25.3.